The van der Waals surface area contributed by atoms with Gasteiger partial charge in [0.1, 0.15) is 11.9 Å². The van der Waals surface area contributed by atoms with E-state index in [0.717, 1.165) is 42.8 Å². The molecule has 0 spiro atoms. The molecule has 6 atom stereocenters. The van der Waals surface area contributed by atoms with Crippen molar-refractivity contribution in [2.75, 3.05) is 13.1 Å². The number of benzene rings is 1. The van der Waals surface area contributed by atoms with Gasteiger partial charge in [-0.1, -0.05) is 37.3 Å². The summed E-state index contributed by atoms with van der Waals surface area (Å²) in [5.41, 5.74) is 2.27. The second-order valence-corrected chi connectivity index (χ2v) is 9.30. The van der Waals surface area contributed by atoms with Crippen LogP contribution in [0.15, 0.2) is 30.4 Å². The van der Waals surface area contributed by atoms with Crippen LogP contribution in [0.2, 0.25) is 0 Å². The number of hydrogen-bond donors (Lipinski definition) is 2. The highest BCUT2D eigenvalue weighted by atomic mass is 16.5. The third-order valence-corrected chi connectivity index (χ3v) is 7.16. The maximum atomic E-state index is 12.3. The summed E-state index contributed by atoms with van der Waals surface area (Å²) in [6.07, 6.45) is 6.03. The summed E-state index contributed by atoms with van der Waals surface area (Å²) in [5.74, 6) is 7.07. The van der Waals surface area contributed by atoms with Gasteiger partial charge in [-0.15, -0.1) is 11.8 Å². The van der Waals surface area contributed by atoms with Gasteiger partial charge in [0.2, 0.25) is 5.91 Å². The van der Waals surface area contributed by atoms with Crippen molar-refractivity contribution in [2.45, 2.75) is 84.0 Å². The van der Waals surface area contributed by atoms with Crippen LogP contribution in [0, 0.1) is 23.7 Å². The Labute approximate surface area is 198 Å². The molecule has 3 rings (SSSR count). The molecule has 0 saturated heterocycles. The normalized spacial score (nSPS) is 25.0. The number of carbonyl (C=O) groups is 1. The lowest BCUT2D eigenvalue weighted by atomic mass is 9.86. The molecule has 5 nitrogen and oxygen atoms in total. The van der Waals surface area contributed by atoms with Crippen LogP contribution in [0.5, 0.6) is 5.75 Å². The van der Waals surface area contributed by atoms with E-state index in [9.17, 15) is 15.0 Å². The Morgan fingerprint density at radius 3 is 2.79 bits per heavy atom. The number of para-hydroxylation sites is 1. The second kappa shape index (κ2) is 11.7. The quantitative estimate of drug-likeness (QED) is 0.414. The van der Waals surface area contributed by atoms with Crippen molar-refractivity contribution in [3.05, 3.63) is 41.5 Å². The second-order valence-electron chi connectivity index (χ2n) is 9.30. The SMILES string of the molecule is CC#CC[C@H](C)[C@H](O)C=C[C@@H]1[C@H]2c3cccc(CCCC(=O)N(CC)CC)c3O[C@H]2C[C@H]1O. The minimum absolute atomic E-state index is 0.0424. The minimum Gasteiger partial charge on any atom is -0.489 e. The fraction of sp³-hybridized carbons (Fsp3) is 0.607. The Hall–Kier alpha value is -2.29. The van der Waals surface area contributed by atoms with Crippen molar-refractivity contribution in [3.8, 4) is 17.6 Å². The summed E-state index contributed by atoms with van der Waals surface area (Å²) < 4.78 is 6.35. The average molecular weight is 454 g/mol. The van der Waals surface area contributed by atoms with E-state index in [4.69, 9.17) is 4.74 Å². The maximum absolute atomic E-state index is 12.3. The van der Waals surface area contributed by atoms with Crippen LogP contribution in [-0.4, -0.2) is 52.4 Å². The van der Waals surface area contributed by atoms with Crippen LogP contribution in [0.1, 0.15) is 70.4 Å². The third-order valence-electron chi connectivity index (χ3n) is 7.16. The van der Waals surface area contributed by atoms with Gasteiger partial charge in [0.25, 0.3) is 0 Å². The predicted octanol–water partition coefficient (Wildman–Crippen LogP) is 4.07. The summed E-state index contributed by atoms with van der Waals surface area (Å²) in [6.45, 7) is 9.31. The largest absolute Gasteiger partial charge is 0.489 e. The molecule has 180 valence electrons. The van der Waals surface area contributed by atoms with Gasteiger partial charge in [-0.3, -0.25) is 4.79 Å². The van der Waals surface area contributed by atoms with Crippen molar-refractivity contribution in [2.24, 2.45) is 11.8 Å². The van der Waals surface area contributed by atoms with Crippen molar-refractivity contribution in [1.29, 1.82) is 0 Å². The first-order valence-corrected chi connectivity index (χ1v) is 12.4. The molecule has 1 fully saturated rings. The Morgan fingerprint density at radius 2 is 2.09 bits per heavy atom. The van der Waals surface area contributed by atoms with Crippen LogP contribution >= 0.6 is 0 Å². The van der Waals surface area contributed by atoms with E-state index in [1.807, 2.05) is 37.8 Å². The molecule has 1 aliphatic carbocycles. The Bertz CT molecular complexity index is 895. The highest BCUT2D eigenvalue weighted by Gasteiger charge is 2.48. The monoisotopic (exact) mass is 453 g/mol. The summed E-state index contributed by atoms with van der Waals surface area (Å²) in [5, 5.41) is 21.2. The molecule has 0 bridgehead atoms. The first-order chi connectivity index (χ1) is 15.9. The fourth-order valence-corrected chi connectivity index (χ4v) is 5.15. The molecule has 1 aromatic carbocycles. The molecule has 1 aromatic rings. The third kappa shape index (κ3) is 5.80. The number of aliphatic hydroxyl groups is 2. The Morgan fingerprint density at radius 1 is 1.33 bits per heavy atom. The number of fused-ring (bicyclic) bond motifs is 3. The van der Waals surface area contributed by atoms with E-state index in [0.29, 0.717) is 19.3 Å². The molecule has 5 heteroatoms. The minimum atomic E-state index is -0.589. The molecule has 0 unspecified atom stereocenters. The van der Waals surface area contributed by atoms with Crippen LogP contribution in [0.4, 0.5) is 0 Å². The van der Waals surface area contributed by atoms with E-state index < -0.39 is 12.2 Å². The van der Waals surface area contributed by atoms with Crippen LogP contribution in [0.3, 0.4) is 0 Å². The molecule has 2 N–H and O–H groups in total. The summed E-state index contributed by atoms with van der Waals surface area (Å²) >= 11 is 0. The first-order valence-electron chi connectivity index (χ1n) is 12.4. The molecule has 2 aliphatic rings. The van der Waals surface area contributed by atoms with Crippen molar-refractivity contribution < 1.29 is 19.7 Å². The highest BCUT2D eigenvalue weighted by molar-refractivity contribution is 5.76. The number of hydrogen-bond acceptors (Lipinski definition) is 4. The smallest absolute Gasteiger partial charge is 0.222 e. The number of nitrogens with zero attached hydrogens (tertiary/aromatic N) is 1. The van der Waals surface area contributed by atoms with E-state index in [1.54, 1.807) is 6.92 Å². The molecule has 1 aliphatic heterocycles. The lowest BCUT2D eigenvalue weighted by molar-refractivity contribution is -0.130. The summed E-state index contributed by atoms with van der Waals surface area (Å²) in [4.78, 5) is 14.2. The molecular weight excluding hydrogens is 414 g/mol. The Kier molecular flexibility index (Phi) is 9.00. The van der Waals surface area contributed by atoms with Gasteiger partial charge in [-0.25, -0.2) is 0 Å². The number of aryl methyl sites for hydroxylation is 1. The van der Waals surface area contributed by atoms with Gasteiger partial charge >= 0.3 is 0 Å². The zero-order chi connectivity index (χ0) is 24.0. The number of rotatable bonds is 10. The lowest BCUT2D eigenvalue weighted by Crippen LogP contribution is -2.30. The van der Waals surface area contributed by atoms with Gasteiger partial charge in [-0.05, 0) is 45.1 Å². The molecule has 0 radical (unpaired) electrons. The predicted molar refractivity (Wildman–Crippen MR) is 131 cm³/mol. The van der Waals surface area contributed by atoms with Gasteiger partial charge in [-0.2, -0.15) is 0 Å². The summed E-state index contributed by atoms with van der Waals surface area (Å²) in [7, 11) is 0. The van der Waals surface area contributed by atoms with Gasteiger partial charge in [0, 0.05) is 49.8 Å². The van der Waals surface area contributed by atoms with Crippen molar-refractivity contribution in [3.63, 3.8) is 0 Å². The summed E-state index contributed by atoms with van der Waals surface area (Å²) in [6, 6.07) is 6.24. The van der Waals surface area contributed by atoms with Gasteiger partial charge in [0.05, 0.1) is 12.2 Å². The van der Waals surface area contributed by atoms with Crippen molar-refractivity contribution in [1.82, 2.24) is 4.90 Å². The first kappa shape index (κ1) is 25.3. The molecule has 33 heavy (non-hydrogen) atoms. The van der Waals surface area contributed by atoms with Crippen LogP contribution in [0.25, 0.3) is 0 Å². The lowest BCUT2D eigenvalue weighted by Gasteiger charge is -2.19. The Balaban J connectivity index is 1.69. The standard InChI is InChI=1S/C28H39NO4/c1-5-8-11-19(4)23(30)17-16-21-24(31)18-25-27(21)22-14-9-12-20(28(22)33-25)13-10-15-26(32)29(6-2)7-3/h9,12,14,16-17,19,21,23-25,27,30-31H,6-7,10-11,13,15,18H2,1-4H3/t19-,21-,23+,24+,25-,27-/m0/s1. The van der Waals surface area contributed by atoms with Gasteiger partial charge < -0.3 is 19.8 Å². The zero-order valence-corrected chi connectivity index (χ0v) is 20.5. The zero-order valence-electron chi connectivity index (χ0n) is 20.5. The molecule has 1 saturated carbocycles. The number of carbonyl (C=O) groups excluding carboxylic acids is 1. The molecular formula is C28H39NO4. The number of amides is 1. The fourth-order valence-electron chi connectivity index (χ4n) is 5.15. The highest BCUT2D eigenvalue weighted by Crippen LogP contribution is 2.52. The van der Waals surface area contributed by atoms with Crippen molar-refractivity contribution >= 4 is 5.91 Å². The van der Waals surface area contributed by atoms with Crippen LogP contribution in [-0.2, 0) is 11.2 Å². The van der Waals surface area contributed by atoms with E-state index >= 15 is 0 Å². The molecule has 0 aromatic heterocycles. The van der Waals surface area contributed by atoms with Gasteiger partial charge in [0.15, 0.2) is 0 Å². The topological polar surface area (TPSA) is 70.0 Å². The molecule has 1 amide bonds. The molecule has 1 heterocycles. The number of aliphatic hydroxyl groups excluding tert-OH is 2. The maximum Gasteiger partial charge on any atom is 0.222 e. The van der Waals surface area contributed by atoms with E-state index in [-0.39, 0.29) is 29.8 Å². The number of ether oxygens (including phenoxy) is 1. The van der Waals surface area contributed by atoms with Crippen LogP contribution < -0.4 is 4.74 Å². The van der Waals surface area contributed by atoms with E-state index in [1.165, 1.54) is 0 Å². The van der Waals surface area contributed by atoms with E-state index in [2.05, 4.69) is 30.0 Å². The average Bonchev–Trinajstić information content (AvgIpc) is 3.31.